The van der Waals surface area contributed by atoms with E-state index in [1.165, 1.54) is 0 Å². The third kappa shape index (κ3) is 3.60. The average Bonchev–Trinajstić information content (AvgIpc) is 3.19. The Bertz CT molecular complexity index is 777. The number of imidazole rings is 1. The number of aromatic amines is 1. The largest absolute Gasteiger partial charge is 0.344 e. The molecule has 0 bridgehead atoms. The van der Waals surface area contributed by atoms with Crippen molar-refractivity contribution in [1.29, 1.82) is 0 Å². The first-order valence-corrected chi connectivity index (χ1v) is 7.24. The predicted octanol–water partition coefficient (Wildman–Crippen LogP) is 1.24. The number of hydrogen-bond donors (Lipinski definition) is 2. The zero-order valence-corrected chi connectivity index (χ0v) is 12.9. The fourth-order valence-corrected chi connectivity index (χ4v) is 2.20. The van der Waals surface area contributed by atoms with Crippen molar-refractivity contribution in [2.24, 2.45) is 0 Å². The maximum atomic E-state index is 12.3. The molecule has 0 saturated heterocycles. The monoisotopic (exact) mass is 311 g/mol. The average molecular weight is 311 g/mol. The van der Waals surface area contributed by atoms with E-state index in [1.54, 1.807) is 29.3 Å². The quantitative estimate of drug-likeness (QED) is 0.738. The highest BCUT2D eigenvalue weighted by Crippen LogP contribution is 2.11. The number of amides is 1. The smallest absolute Gasteiger partial charge is 0.251 e. The Balaban J connectivity index is 1.63. The van der Waals surface area contributed by atoms with Gasteiger partial charge in [-0.25, -0.2) is 9.67 Å². The van der Waals surface area contributed by atoms with E-state index in [1.807, 2.05) is 26.0 Å². The van der Waals surface area contributed by atoms with Crippen molar-refractivity contribution in [3.63, 3.8) is 0 Å². The van der Waals surface area contributed by atoms with E-state index in [2.05, 4.69) is 30.8 Å². The van der Waals surface area contributed by atoms with Gasteiger partial charge in [0.25, 0.3) is 5.91 Å². The Morgan fingerprint density at radius 3 is 2.74 bits per heavy atom. The molecule has 2 aromatic heterocycles. The highest BCUT2D eigenvalue weighted by molar-refractivity contribution is 5.94. The number of nitrogens with zero attached hydrogens (tertiary/aromatic N) is 5. The predicted molar refractivity (Wildman–Crippen MR) is 82.6 cm³/mol. The maximum Gasteiger partial charge on any atom is 0.251 e. The lowest BCUT2D eigenvalue weighted by Crippen LogP contribution is -2.27. The van der Waals surface area contributed by atoms with E-state index < -0.39 is 0 Å². The van der Waals surface area contributed by atoms with Crippen LogP contribution in [0.4, 0.5) is 0 Å². The molecule has 1 aromatic carbocycles. The Kier molecular flexibility index (Phi) is 4.13. The summed E-state index contributed by atoms with van der Waals surface area (Å²) >= 11 is 0. The number of benzene rings is 1. The summed E-state index contributed by atoms with van der Waals surface area (Å²) in [4.78, 5) is 19.6. The summed E-state index contributed by atoms with van der Waals surface area (Å²) in [5.41, 5.74) is 2.58. The first kappa shape index (κ1) is 14.9. The second-order valence-electron chi connectivity index (χ2n) is 5.35. The van der Waals surface area contributed by atoms with Crippen molar-refractivity contribution in [3.05, 3.63) is 59.4 Å². The van der Waals surface area contributed by atoms with Gasteiger partial charge >= 0.3 is 0 Å². The minimum atomic E-state index is -0.183. The summed E-state index contributed by atoms with van der Waals surface area (Å²) < 4.78 is 1.62. The molecule has 0 aliphatic carbocycles. The fraction of sp³-hybridized carbons (Fsp3) is 0.267. The molecule has 0 unspecified atom stereocenters. The van der Waals surface area contributed by atoms with Gasteiger partial charge < -0.3 is 10.3 Å². The normalized spacial score (nSPS) is 12.1. The first-order chi connectivity index (χ1) is 11.1. The molecule has 0 aliphatic heterocycles. The number of carbonyl (C=O) groups excluding carboxylic acids is 1. The van der Waals surface area contributed by atoms with E-state index in [-0.39, 0.29) is 11.9 Å². The molecule has 23 heavy (non-hydrogen) atoms. The molecule has 2 N–H and O–H groups in total. The second-order valence-corrected chi connectivity index (χ2v) is 5.35. The van der Waals surface area contributed by atoms with Gasteiger partial charge in [-0.2, -0.15) is 0 Å². The van der Waals surface area contributed by atoms with Crippen LogP contribution in [0.25, 0.3) is 0 Å². The van der Waals surface area contributed by atoms with Crippen LogP contribution >= 0.6 is 0 Å². The standard InChI is InChI=1S/C15H17N7O/c1-10-7-16-14(18-10)11(2)19-15(23)13-5-3-12(4-6-13)8-22-9-17-20-21-22/h3-7,9,11H,8H2,1-2H3,(H,16,18)(H,19,23)/t11-/m0/s1. The molecular formula is C15H17N7O. The van der Waals surface area contributed by atoms with Crippen molar-refractivity contribution in [3.8, 4) is 0 Å². The molecule has 3 rings (SSSR count). The van der Waals surface area contributed by atoms with Crippen LogP contribution in [0.1, 0.15) is 40.4 Å². The lowest BCUT2D eigenvalue weighted by molar-refractivity contribution is 0.0938. The van der Waals surface area contributed by atoms with E-state index in [9.17, 15) is 4.79 Å². The Morgan fingerprint density at radius 2 is 2.13 bits per heavy atom. The van der Waals surface area contributed by atoms with E-state index in [0.29, 0.717) is 12.1 Å². The lowest BCUT2D eigenvalue weighted by Gasteiger charge is -2.12. The molecule has 0 saturated carbocycles. The van der Waals surface area contributed by atoms with E-state index in [4.69, 9.17) is 0 Å². The van der Waals surface area contributed by atoms with Crippen molar-refractivity contribution in [2.75, 3.05) is 0 Å². The highest BCUT2D eigenvalue weighted by atomic mass is 16.1. The molecule has 8 nitrogen and oxygen atoms in total. The highest BCUT2D eigenvalue weighted by Gasteiger charge is 2.13. The van der Waals surface area contributed by atoms with Gasteiger partial charge in [-0.1, -0.05) is 12.1 Å². The summed E-state index contributed by atoms with van der Waals surface area (Å²) in [5, 5.41) is 13.9. The third-order valence-electron chi connectivity index (χ3n) is 3.43. The molecule has 0 radical (unpaired) electrons. The van der Waals surface area contributed by atoms with Gasteiger partial charge in [0.1, 0.15) is 12.2 Å². The molecule has 3 aromatic rings. The van der Waals surface area contributed by atoms with Crippen molar-refractivity contribution < 1.29 is 4.79 Å². The second kappa shape index (κ2) is 6.39. The van der Waals surface area contributed by atoms with E-state index in [0.717, 1.165) is 17.1 Å². The molecular weight excluding hydrogens is 294 g/mol. The van der Waals surface area contributed by atoms with Gasteiger partial charge in [-0.05, 0) is 42.0 Å². The molecule has 1 atom stereocenters. The van der Waals surface area contributed by atoms with Gasteiger partial charge in [-0.3, -0.25) is 4.79 Å². The Labute approximate surface area is 132 Å². The van der Waals surface area contributed by atoms with Crippen LogP contribution in [-0.4, -0.2) is 36.1 Å². The lowest BCUT2D eigenvalue weighted by atomic mass is 10.1. The molecule has 0 fully saturated rings. The zero-order chi connectivity index (χ0) is 16.2. The van der Waals surface area contributed by atoms with Gasteiger partial charge in [0, 0.05) is 17.5 Å². The van der Waals surface area contributed by atoms with Crippen molar-refractivity contribution in [1.82, 2.24) is 35.5 Å². The number of H-pyrrole nitrogens is 1. The van der Waals surface area contributed by atoms with Crippen LogP contribution < -0.4 is 5.32 Å². The molecule has 0 spiro atoms. The van der Waals surface area contributed by atoms with Gasteiger partial charge in [0.05, 0.1) is 12.6 Å². The van der Waals surface area contributed by atoms with E-state index >= 15 is 0 Å². The van der Waals surface area contributed by atoms with Crippen molar-refractivity contribution >= 4 is 5.91 Å². The molecule has 118 valence electrons. The number of aryl methyl sites for hydroxylation is 1. The van der Waals surface area contributed by atoms with Crippen LogP contribution in [-0.2, 0) is 6.54 Å². The summed E-state index contributed by atoms with van der Waals surface area (Å²) in [6, 6.07) is 7.16. The Morgan fingerprint density at radius 1 is 1.35 bits per heavy atom. The van der Waals surface area contributed by atoms with Crippen LogP contribution in [0.2, 0.25) is 0 Å². The van der Waals surface area contributed by atoms with Crippen LogP contribution in [0.5, 0.6) is 0 Å². The number of aromatic nitrogens is 6. The zero-order valence-electron chi connectivity index (χ0n) is 12.9. The first-order valence-electron chi connectivity index (χ1n) is 7.24. The number of tetrazole rings is 1. The number of rotatable bonds is 5. The number of carbonyl (C=O) groups is 1. The van der Waals surface area contributed by atoms with Crippen LogP contribution in [0.15, 0.2) is 36.8 Å². The van der Waals surface area contributed by atoms with Crippen LogP contribution in [0, 0.1) is 6.92 Å². The number of hydrogen-bond acceptors (Lipinski definition) is 5. The third-order valence-corrected chi connectivity index (χ3v) is 3.43. The summed E-state index contributed by atoms with van der Waals surface area (Å²) in [7, 11) is 0. The maximum absolute atomic E-state index is 12.3. The van der Waals surface area contributed by atoms with Gasteiger partial charge in [-0.15, -0.1) is 5.10 Å². The summed E-state index contributed by atoms with van der Waals surface area (Å²) in [6.45, 7) is 4.38. The minimum Gasteiger partial charge on any atom is -0.344 e. The Hall–Kier alpha value is -3.03. The topological polar surface area (TPSA) is 101 Å². The molecule has 0 aliphatic rings. The van der Waals surface area contributed by atoms with Gasteiger partial charge in [0.2, 0.25) is 0 Å². The number of nitrogens with one attached hydrogen (secondary N) is 2. The van der Waals surface area contributed by atoms with Crippen molar-refractivity contribution in [2.45, 2.75) is 26.4 Å². The fourth-order valence-electron chi connectivity index (χ4n) is 2.20. The summed E-state index contributed by atoms with van der Waals surface area (Å²) in [5.74, 6) is 0.603. The SMILES string of the molecule is Cc1cnc([C@H](C)NC(=O)c2ccc(Cn3cnnn3)cc2)[nH]1. The molecule has 8 heteroatoms. The molecule has 1 amide bonds. The van der Waals surface area contributed by atoms with Crippen LogP contribution in [0.3, 0.4) is 0 Å². The summed E-state index contributed by atoms with van der Waals surface area (Å²) in [6.07, 6.45) is 3.29. The van der Waals surface area contributed by atoms with Gasteiger partial charge in [0.15, 0.2) is 0 Å². The molecule has 2 heterocycles. The minimum absolute atomic E-state index is 0.138.